The number of rotatable bonds is 5. The van der Waals surface area contributed by atoms with E-state index in [4.69, 9.17) is 22.1 Å². The summed E-state index contributed by atoms with van der Waals surface area (Å²) >= 11 is 6.05. The van der Waals surface area contributed by atoms with Crippen molar-refractivity contribution in [1.82, 2.24) is 0 Å². The Bertz CT molecular complexity index is 454. The number of nitrogens with two attached hydrogens (primary N) is 1. The van der Waals surface area contributed by atoms with Crippen molar-refractivity contribution in [3.63, 3.8) is 0 Å². The van der Waals surface area contributed by atoms with Crippen molar-refractivity contribution in [3.05, 3.63) is 28.5 Å². The summed E-state index contributed by atoms with van der Waals surface area (Å²) in [5.74, 6) is -0.310. The maximum Gasteiger partial charge on any atom is 0.173 e. The Kier molecular flexibility index (Phi) is 5.85. The lowest BCUT2D eigenvalue weighted by atomic mass is 9.81. The predicted molar refractivity (Wildman–Crippen MR) is 82.1 cm³/mol. The van der Waals surface area contributed by atoms with Crippen LogP contribution in [0.25, 0.3) is 0 Å². The highest BCUT2D eigenvalue weighted by molar-refractivity contribution is 6.32. The third kappa shape index (κ3) is 3.87. The molecule has 0 saturated heterocycles. The molecule has 3 N–H and O–H groups in total. The zero-order valence-electron chi connectivity index (χ0n) is 12.3. The number of hydrogen-bond donors (Lipinski definition) is 2. The fraction of sp³-hybridized carbons (Fsp3) is 0.625. The third-order valence-corrected chi connectivity index (χ3v) is 4.48. The van der Waals surface area contributed by atoms with Crippen LogP contribution in [0.4, 0.5) is 4.39 Å². The van der Waals surface area contributed by atoms with Gasteiger partial charge in [0.2, 0.25) is 0 Å². The van der Waals surface area contributed by atoms with Gasteiger partial charge in [0.25, 0.3) is 0 Å². The molecule has 0 heterocycles. The monoisotopic (exact) mass is 315 g/mol. The van der Waals surface area contributed by atoms with E-state index in [0.29, 0.717) is 12.2 Å². The summed E-state index contributed by atoms with van der Waals surface area (Å²) < 4.78 is 19.2. The summed E-state index contributed by atoms with van der Waals surface area (Å²) in [6.45, 7) is 2.11. The molecule has 0 spiro atoms. The smallest absolute Gasteiger partial charge is 0.173 e. The fourth-order valence-corrected chi connectivity index (χ4v) is 3.29. The molecule has 0 unspecified atom stereocenters. The average Bonchev–Trinajstić information content (AvgIpc) is 2.50. The van der Waals surface area contributed by atoms with E-state index in [-0.39, 0.29) is 16.7 Å². The van der Waals surface area contributed by atoms with Gasteiger partial charge in [-0.15, -0.1) is 0 Å². The second kappa shape index (κ2) is 7.43. The Balaban J connectivity index is 2.16. The minimum atomic E-state index is -0.668. The van der Waals surface area contributed by atoms with E-state index < -0.39 is 18.0 Å². The summed E-state index contributed by atoms with van der Waals surface area (Å²) in [7, 11) is 0. The number of halogens is 2. The van der Waals surface area contributed by atoms with Gasteiger partial charge >= 0.3 is 0 Å². The van der Waals surface area contributed by atoms with Crippen LogP contribution in [0.1, 0.15) is 50.6 Å². The van der Waals surface area contributed by atoms with Gasteiger partial charge < -0.3 is 15.6 Å². The van der Waals surface area contributed by atoms with Crippen LogP contribution in [-0.2, 0) is 0 Å². The summed E-state index contributed by atoms with van der Waals surface area (Å²) in [5.41, 5.74) is 6.63. The maximum absolute atomic E-state index is 14.0. The standard InChI is InChI=1S/C16H23ClFNO2/c1-2-21-16-12(17)8-11(9-13(16)18)14(19)15(20)10-6-4-3-5-7-10/h8-10,14-15,20H,2-7,19H2,1H3/t14-,15+/m0/s1. The Labute approximate surface area is 130 Å². The molecule has 1 saturated carbocycles. The molecule has 1 aliphatic carbocycles. The minimum Gasteiger partial charge on any atom is -0.489 e. The number of hydrogen-bond acceptors (Lipinski definition) is 3. The SMILES string of the molecule is CCOc1c(F)cc([C@H](N)[C@H](O)C2CCCCC2)cc1Cl. The first-order valence-electron chi connectivity index (χ1n) is 7.60. The Morgan fingerprint density at radius 2 is 2.05 bits per heavy atom. The largest absolute Gasteiger partial charge is 0.489 e. The van der Waals surface area contributed by atoms with E-state index in [0.717, 1.165) is 25.7 Å². The van der Waals surface area contributed by atoms with Crippen molar-refractivity contribution in [2.45, 2.75) is 51.2 Å². The van der Waals surface area contributed by atoms with Gasteiger partial charge in [0, 0.05) is 0 Å². The zero-order valence-corrected chi connectivity index (χ0v) is 13.1. The van der Waals surface area contributed by atoms with Crippen molar-refractivity contribution in [2.24, 2.45) is 11.7 Å². The van der Waals surface area contributed by atoms with Crippen LogP contribution in [0.5, 0.6) is 5.75 Å². The third-order valence-electron chi connectivity index (χ3n) is 4.19. The number of aliphatic hydroxyl groups is 1. The van der Waals surface area contributed by atoms with Crippen molar-refractivity contribution in [2.75, 3.05) is 6.61 Å². The highest BCUT2D eigenvalue weighted by Gasteiger charge is 2.28. The van der Waals surface area contributed by atoms with Gasteiger partial charge in [0.15, 0.2) is 11.6 Å². The van der Waals surface area contributed by atoms with E-state index in [9.17, 15) is 9.50 Å². The second-order valence-electron chi connectivity index (χ2n) is 5.66. The fourth-order valence-electron chi connectivity index (χ4n) is 3.02. The van der Waals surface area contributed by atoms with Crippen LogP contribution in [-0.4, -0.2) is 17.8 Å². The molecule has 21 heavy (non-hydrogen) atoms. The van der Waals surface area contributed by atoms with Crippen molar-refractivity contribution >= 4 is 11.6 Å². The molecule has 1 aromatic carbocycles. The molecular formula is C16H23ClFNO2. The molecule has 3 nitrogen and oxygen atoms in total. The second-order valence-corrected chi connectivity index (χ2v) is 6.07. The molecule has 0 amide bonds. The molecule has 2 atom stereocenters. The molecule has 118 valence electrons. The lowest BCUT2D eigenvalue weighted by Gasteiger charge is -2.30. The predicted octanol–water partition coefficient (Wildman–Crippen LogP) is 3.82. The minimum absolute atomic E-state index is 0.0438. The summed E-state index contributed by atoms with van der Waals surface area (Å²) in [6, 6.07) is 2.27. The molecule has 0 radical (unpaired) electrons. The van der Waals surface area contributed by atoms with Crippen LogP contribution in [0.2, 0.25) is 5.02 Å². The van der Waals surface area contributed by atoms with Gasteiger partial charge in [-0.05, 0) is 43.4 Å². The van der Waals surface area contributed by atoms with Crippen molar-refractivity contribution in [1.29, 1.82) is 0 Å². The van der Waals surface area contributed by atoms with E-state index in [1.165, 1.54) is 12.5 Å². The Morgan fingerprint density at radius 3 is 2.62 bits per heavy atom. The molecule has 1 fully saturated rings. The van der Waals surface area contributed by atoms with Crippen LogP contribution < -0.4 is 10.5 Å². The molecule has 1 aromatic rings. The van der Waals surface area contributed by atoms with Gasteiger partial charge in [-0.2, -0.15) is 0 Å². The van der Waals surface area contributed by atoms with Crippen LogP contribution >= 0.6 is 11.6 Å². The molecule has 2 rings (SSSR count). The summed E-state index contributed by atoms with van der Waals surface area (Å²) in [5, 5.41) is 10.6. The van der Waals surface area contributed by atoms with Gasteiger partial charge in [0.1, 0.15) is 0 Å². The number of ether oxygens (including phenoxy) is 1. The summed E-state index contributed by atoms with van der Waals surface area (Å²) in [6.07, 6.45) is 4.73. The van der Waals surface area contributed by atoms with Crippen LogP contribution in [0, 0.1) is 11.7 Å². The lowest BCUT2D eigenvalue weighted by molar-refractivity contribution is 0.0617. The van der Waals surface area contributed by atoms with Gasteiger partial charge in [0.05, 0.1) is 23.8 Å². The average molecular weight is 316 g/mol. The highest BCUT2D eigenvalue weighted by atomic mass is 35.5. The highest BCUT2D eigenvalue weighted by Crippen LogP contribution is 2.35. The number of aliphatic hydroxyl groups excluding tert-OH is 1. The van der Waals surface area contributed by atoms with E-state index in [1.54, 1.807) is 13.0 Å². The van der Waals surface area contributed by atoms with Gasteiger partial charge in [-0.25, -0.2) is 4.39 Å². The molecule has 0 bridgehead atoms. The van der Waals surface area contributed by atoms with Crippen molar-refractivity contribution in [3.8, 4) is 5.75 Å². The molecule has 0 aliphatic heterocycles. The summed E-state index contributed by atoms with van der Waals surface area (Å²) in [4.78, 5) is 0. The quantitative estimate of drug-likeness (QED) is 0.868. The lowest BCUT2D eigenvalue weighted by Crippen LogP contribution is -2.34. The molecule has 0 aromatic heterocycles. The Morgan fingerprint density at radius 1 is 1.38 bits per heavy atom. The van der Waals surface area contributed by atoms with E-state index >= 15 is 0 Å². The molecule has 1 aliphatic rings. The van der Waals surface area contributed by atoms with E-state index in [1.807, 2.05) is 0 Å². The zero-order chi connectivity index (χ0) is 15.4. The molecular weight excluding hydrogens is 293 g/mol. The normalized spacial score (nSPS) is 19.3. The Hall–Kier alpha value is -0.840. The van der Waals surface area contributed by atoms with Gasteiger partial charge in [-0.3, -0.25) is 0 Å². The first kappa shape index (κ1) is 16.5. The van der Waals surface area contributed by atoms with Crippen LogP contribution in [0.15, 0.2) is 12.1 Å². The first-order chi connectivity index (χ1) is 10.0. The number of benzene rings is 1. The topological polar surface area (TPSA) is 55.5 Å². The van der Waals surface area contributed by atoms with Crippen molar-refractivity contribution < 1.29 is 14.2 Å². The first-order valence-corrected chi connectivity index (χ1v) is 7.97. The van der Waals surface area contributed by atoms with Gasteiger partial charge in [-0.1, -0.05) is 30.9 Å². The van der Waals surface area contributed by atoms with Crippen LogP contribution in [0.3, 0.4) is 0 Å². The molecule has 5 heteroatoms. The van der Waals surface area contributed by atoms with E-state index in [2.05, 4.69) is 0 Å². The maximum atomic E-state index is 14.0.